The molecule has 0 saturated carbocycles. The van der Waals surface area contributed by atoms with Gasteiger partial charge in [-0.25, -0.2) is 9.59 Å². The number of rotatable bonds is 4. The van der Waals surface area contributed by atoms with Crippen LogP contribution in [0.2, 0.25) is 0 Å². The lowest BCUT2D eigenvalue weighted by atomic mass is 10.1. The Morgan fingerprint density at radius 3 is 2.65 bits per heavy atom. The number of ether oxygens (including phenoxy) is 2. The van der Waals surface area contributed by atoms with Crippen molar-refractivity contribution in [2.24, 2.45) is 0 Å². The summed E-state index contributed by atoms with van der Waals surface area (Å²) in [5.41, 5.74) is 0.122. The predicted molar refractivity (Wildman–Crippen MR) is 64.4 cm³/mol. The van der Waals surface area contributed by atoms with Crippen molar-refractivity contribution in [1.82, 2.24) is 0 Å². The van der Waals surface area contributed by atoms with E-state index in [1.54, 1.807) is 6.92 Å². The first-order valence-corrected chi connectivity index (χ1v) is 5.88. The zero-order valence-corrected chi connectivity index (χ0v) is 11.4. The summed E-state index contributed by atoms with van der Waals surface area (Å²) in [7, 11) is 2.73. The maximum absolute atomic E-state index is 11.7. The Kier molecular flexibility index (Phi) is 4.89. The van der Waals surface area contributed by atoms with Crippen LogP contribution in [0.5, 0.6) is 0 Å². The van der Waals surface area contributed by atoms with E-state index in [9.17, 15) is 9.59 Å². The van der Waals surface area contributed by atoms with Crippen molar-refractivity contribution in [3.8, 4) is 0 Å². The van der Waals surface area contributed by atoms with Gasteiger partial charge in [-0.2, -0.15) is 0 Å². The van der Waals surface area contributed by atoms with Gasteiger partial charge in [0.2, 0.25) is 0 Å². The highest BCUT2D eigenvalue weighted by Gasteiger charge is 2.23. The Hall–Kier alpha value is -1.14. The summed E-state index contributed by atoms with van der Waals surface area (Å²) in [6.45, 7) is 1.78. The first kappa shape index (κ1) is 13.9. The lowest BCUT2D eigenvalue weighted by Crippen LogP contribution is -2.16. The highest BCUT2D eigenvalue weighted by atomic mass is 79.9. The molecule has 0 aromatic carbocycles. The SMILES string of the molecule is CCc1oc(=O)cc(C(Br)OC)c1C(=O)OC. The molecule has 0 saturated heterocycles. The lowest BCUT2D eigenvalue weighted by molar-refractivity contribution is 0.0589. The van der Waals surface area contributed by atoms with Gasteiger partial charge >= 0.3 is 11.6 Å². The molecule has 6 heteroatoms. The van der Waals surface area contributed by atoms with Crippen molar-refractivity contribution in [3.05, 3.63) is 33.4 Å². The molecular weight excluding hydrogens is 292 g/mol. The summed E-state index contributed by atoms with van der Waals surface area (Å²) in [4.78, 5) is 23.0. The molecule has 0 aliphatic rings. The van der Waals surface area contributed by atoms with E-state index in [1.165, 1.54) is 20.3 Å². The van der Waals surface area contributed by atoms with Gasteiger partial charge in [0.1, 0.15) is 16.3 Å². The Morgan fingerprint density at radius 1 is 1.53 bits per heavy atom. The van der Waals surface area contributed by atoms with Gasteiger partial charge in [0.05, 0.1) is 7.11 Å². The number of methoxy groups -OCH3 is 2. The van der Waals surface area contributed by atoms with Crippen molar-refractivity contribution in [1.29, 1.82) is 0 Å². The maximum Gasteiger partial charge on any atom is 0.341 e. The van der Waals surface area contributed by atoms with Crippen molar-refractivity contribution in [2.75, 3.05) is 14.2 Å². The average molecular weight is 305 g/mol. The van der Waals surface area contributed by atoms with E-state index in [1.807, 2.05) is 0 Å². The molecule has 1 heterocycles. The summed E-state index contributed by atoms with van der Waals surface area (Å²) < 4.78 is 14.7. The molecule has 0 amide bonds. The first-order chi connectivity index (χ1) is 8.04. The second kappa shape index (κ2) is 5.97. The summed E-state index contributed by atoms with van der Waals surface area (Å²) in [5.74, 6) is -0.261. The number of halogens is 1. The van der Waals surface area contributed by atoms with Crippen LogP contribution in [0.4, 0.5) is 0 Å². The van der Waals surface area contributed by atoms with Crippen molar-refractivity contribution in [3.63, 3.8) is 0 Å². The van der Waals surface area contributed by atoms with E-state index in [0.717, 1.165) is 0 Å². The minimum atomic E-state index is -0.564. The fraction of sp³-hybridized carbons (Fsp3) is 0.455. The normalized spacial score (nSPS) is 12.2. The van der Waals surface area contributed by atoms with Gasteiger partial charge in [-0.3, -0.25) is 0 Å². The first-order valence-electron chi connectivity index (χ1n) is 4.97. The van der Waals surface area contributed by atoms with Crippen LogP contribution in [0.15, 0.2) is 15.3 Å². The van der Waals surface area contributed by atoms with Crippen LogP contribution in [-0.2, 0) is 15.9 Å². The van der Waals surface area contributed by atoms with E-state index >= 15 is 0 Å². The zero-order chi connectivity index (χ0) is 13.0. The highest BCUT2D eigenvalue weighted by Crippen LogP contribution is 2.28. The van der Waals surface area contributed by atoms with Gasteiger partial charge < -0.3 is 13.9 Å². The minimum Gasteiger partial charge on any atom is -0.465 e. The standard InChI is InChI=1S/C11H13BrO5/c1-4-7-9(11(14)16-3)6(10(12)15-2)5-8(13)17-7/h5,10H,4H2,1-3H3. The molecule has 1 rings (SSSR count). The summed E-state index contributed by atoms with van der Waals surface area (Å²) in [6, 6.07) is 1.22. The summed E-state index contributed by atoms with van der Waals surface area (Å²) >= 11 is 3.22. The van der Waals surface area contributed by atoms with Crippen LogP contribution in [0.3, 0.4) is 0 Å². The van der Waals surface area contributed by atoms with Gasteiger partial charge in [-0.1, -0.05) is 22.9 Å². The van der Waals surface area contributed by atoms with Crippen LogP contribution in [0, 0.1) is 0 Å². The fourth-order valence-corrected chi connectivity index (χ4v) is 1.81. The molecule has 0 bridgehead atoms. The van der Waals surface area contributed by atoms with E-state index < -0.39 is 16.6 Å². The smallest absolute Gasteiger partial charge is 0.341 e. The molecular formula is C11H13BrO5. The van der Waals surface area contributed by atoms with Crippen molar-refractivity contribution < 1.29 is 18.7 Å². The summed E-state index contributed by atoms with van der Waals surface area (Å²) in [5, 5.41) is -0.564. The predicted octanol–water partition coefficient (Wildman–Crippen LogP) is 2.03. The third-order valence-electron chi connectivity index (χ3n) is 2.23. The Balaban J connectivity index is 3.49. The highest BCUT2D eigenvalue weighted by molar-refractivity contribution is 9.09. The number of esters is 1. The number of carbonyl (C=O) groups excluding carboxylic acids is 1. The Bertz CT molecular complexity index is 465. The zero-order valence-electron chi connectivity index (χ0n) is 9.78. The number of aryl methyl sites for hydroxylation is 1. The van der Waals surface area contributed by atoms with Crippen LogP contribution in [0.25, 0.3) is 0 Å². The van der Waals surface area contributed by atoms with E-state index in [0.29, 0.717) is 17.7 Å². The molecule has 1 aromatic heterocycles. The van der Waals surface area contributed by atoms with E-state index in [-0.39, 0.29) is 5.56 Å². The van der Waals surface area contributed by atoms with E-state index in [2.05, 4.69) is 20.7 Å². The molecule has 1 unspecified atom stereocenters. The molecule has 5 nitrogen and oxygen atoms in total. The van der Waals surface area contributed by atoms with Gasteiger partial charge in [0.15, 0.2) is 0 Å². The number of hydrogen-bond acceptors (Lipinski definition) is 5. The van der Waals surface area contributed by atoms with Gasteiger partial charge in [0, 0.05) is 25.2 Å². The van der Waals surface area contributed by atoms with Crippen LogP contribution in [-0.4, -0.2) is 20.2 Å². The largest absolute Gasteiger partial charge is 0.465 e. The topological polar surface area (TPSA) is 65.7 Å². The Morgan fingerprint density at radius 2 is 2.18 bits per heavy atom. The molecule has 0 radical (unpaired) electrons. The molecule has 17 heavy (non-hydrogen) atoms. The molecule has 1 aromatic rings. The van der Waals surface area contributed by atoms with Crippen LogP contribution >= 0.6 is 15.9 Å². The molecule has 1 atom stereocenters. The third kappa shape index (κ3) is 2.95. The maximum atomic E-state index is 11.7. The number of hydrogen-bond donors (Lipinski definition) is 0. The monoisotopic (exact) mass is 304 g/mol. The van der Waals surface area contributed by atoms with Crippen molar-refractivity contribution >= 4 is 21.9 Å². The number of carbonyl (C=O) groups is 1. The van der Waals surface area contributed by atoms with E-state index in [4.69, 9.17) is 9.15 Å². The van der Waals surface area contributed by atoms with Gasteiger partial charge in [0.25, 0.3) is 0 Å². The second-order valence-corrected chi connectivity index (χ2v) is 4.05. The minimum absolute atomic E-state index is 0.235. The van der Waals surface area contributed by atoms with Gasteiger partial charge in [-0.15, -0.1) is 0 Å². The molecule has 0 aliphatic carbocycles. The van der Waals surface area contributed by atoms with Crippen LogP contribution in [0.1, 0.15) is 33.6 Å². The lowest BCUT2D eigenvalue weighted by Gasteiger charge is -2.13. The van der Waals surface area contributed by atoms with Crippen molar-refractivity contribution in [2.45, 2.75) is 18.4 Å². The fourth-order valence-electron chi connectivity index (χ4n) is 1.45. The summed E-state index contributed by atoms with van der Waals surface area (Å²) in [6.07, 6.45) is 0.414. The molecule has 0 N–H and O–H groups in total. The molecule has 94 valence electrons. The van der Waals surface area contributed by atoms with Crippen LogP contribution < -0.4 is 5.63 Å². The Labute approximate surface area is 107 Å². The number of alkyl halides is 1. The molecule has 0 spiro atoms. The third-order valence-corrected chi connectivity index (χ3v) is 3.09. The molecule has 0 fully saturated rings. The molecule has 0 aliphatic heterocycles. The second-order valence-electron chi connectivity index (χ2n) is 3.22. The van der Waals surface area contributed by atoms with Gasteiger partial charge in [-0.05, 0) is 0 Å². The quantitative estimate of drug-likeness (QED) is 0.629. The average Bonchev–Trinajstić information content (AvgIpc) is 2.35.